The van der Waals surface area contributed by atoms with Gasteiger partial charge in [0.05, 0.1) is 6.04 Å². The highest BCUT2D eigenvalue weighted by atomic mass is 32.1. The van der Waals surface area contributed by atoms with E-state index in [0.717, 1.165) is 17.8 Å². The summed E-state index contributed by atoms with van der Waals surface area (Å²) >= 11 is 1.85. The van der Waals surface area contributed by atoms with E-state index in [9.17, 15) is 4.79 Å². The Morgan fingerprint density at radius 3 is 2.62 bits per heavy atom. The van der Waals surface area contributed by atoms with Crippen LogP contribution in [-0.4, -0.2) is 5.91 Å². The Balaban J connectivity index is 2.04. The number of carbonyl (C=O) groups is 1. The number of thiophene rings is 1. The normalized spacial score (nSPS) is 12.0. The molecule has 1 atom stereocenters. The number of rotatable bonds is 6. The average molecular weight is 302 g/mol. The van der Waals surface area contributed by atoms with Crippen LogP contribution in [-0.2, 0) is 11.2 Å². The summed E-state index contributed by atoms with van der Waals surface area (Å²) in [6.07, 6.45) is 1.57. The first-order valence-electron chi connectivity index (χ1n) is 7.37. The van der Waals surface area contributed by atoms with Gasteiger partial charge in [-0.3, -0.25) is 4.79 Å². The van der Waals surface area contributed by atoms with Crippen molar-refractivity contribution < 1.29 is 4.79 Å². The fourth-order valence-corrected chi connectivity index (χ4v) is 3.03. The highest BCUT2D eigenvalue weighted by molar-refractivity contribution is 7.12. The molecule has 3 nitrogen and oxygen atoms in total. The predicted octanol–water partition coefficient (Wildman–Crippen LogP) is 4.83. The summed E-state index contributed by atoms with van der Waals surface area (Å²) in [5, 5.41) is 6.37. The molecule has 0 saturated heterocycles. The summed E-state index contributed by atoms with van der Waals surface area (Å²) in [6.45, 7) is 6.18. The van der Waals surface area contributed by atoms with Gasteiger partial charge in [-0.05, 0) is 43.7 Å². The minimum Gasteiger partial charge on any atom is -0.378 e. The van der Waals surface area contributed by atoms with Crippen LogP contribution in [0, 0.1) is 0 Å². The van der Waals surface area contributed by atoms with E-state index in [1.807, 2.05) is 42.5 Å². The van der Waals surface area contributed by atoms with Gasteiger partial charge in [0, 0.05) is 27.5 Å². The van der Waals surface area contributed by atoms with Crippen LogP contribution in [0.15, 0.2) is 36.4 Å². The Labute approximate surface area is 130 Å². The van der Waals surface area contributed by atoms with E-state index in [-0.39, 0.29) is 11.9 Å². The van der Waals surface area contributed by atoms with Gasteiger partial charge in [-0.15, -0.1) is 11.3 Å². The molecular formula is C17H22N2OS. The third kappa shape index (κ3) is 4.33. The maximum Gasteiger partial charge on any atom is 0.224 e. The first kappa shape index (κ1) is 15.6. The van der Waals surface area contributed by atoms with Crippen molar-refractivity contribution in [1.29, 1.82) is 0 Å². The second-order valence-electron chi connectivity index (χ2n) is 5.01. The number of nitrogens with one attached hydrogen (secondary N) is 2. The van der Waals surface area contributed by atoms with Crippen molar-refractivity contribution in [2.75, 3.05) is 10.6 Å². The maximum absolute atomic E-state index is 11.4. The third-order valence-electron chi connectivity index (χ3n) is 3.31. The van der Waals surface area contributed by atoms with Gasteiger partial charge < -0.3 is 10.6 Å². The van der Waals surface area contributed by atoms with Gasteiger partial charge in [0.2, 0.25) is 5.91 Å². The van der Waals surface area contributed by atoms with Gasteiger partial charge >= 0.3 is 0 Å². The Morgan fingerprint density at radius 2 is 1.95 bits per heavy atom. The summed E-state index contributed by atoms with van der Waals surface area (Å²) in [6, 6.07) is 12.5. The maximum atomic E-state index is 11.4. The number of hydrogen-bond donors (Lipinski definition) is 2. The summed E-state index contributed by atoms with van der Waals surface area (Å²) in [4.78, 5) is 14.2. The zero-order valence-electron chi connectivity index (χ0n) is 12.8. The molecule has 1 heterocycles. The van der Waals surface area contributed by atoms with Gasteiger partial charge in [-0.2, -0.15) is 0 Å². The number of anilines is 2. The number of carbonyl (C=O) groups excluding carboxylic acids is 1. The fraction of sp³-hybridized carbons (Fsp3) is 0.353. The van der Waals surface area contributed by atoms with E-state index in [4.69, 9.17) is 0 Å². The quantitative estimate of drug-likeness (QED) is 0.802. The van der Waals surface area contributed by atoms with E-state index < -0.39 is 0 Å². The molecule has 1 unspecified atom stereocenters. The van der Waals surface area contributed by atoms with Crippen molar-refractivity contribution in [3.63, 3.8) is 0 Å². The monoisotopic (exact) mass is 302 g/mol. The van der Waals surface area contributed by atoms with Crippen LogP contribution < -0.4 is 10.6 Å². The van der Waals surface area contributed by atoms with E-state index >= 15 is 0 Å². The van der Waals surface area contributed by atoms with E-state index in [1.165, 1.54) is 9.75 Å². The lowest BCUT2D eigenvalue weighted by molar-refractivity contribution is -0.115. The van der Waals surface area contributed by atoms with Crippen LogP contribution in [0.1, 0.15) is 43.0 Å². The third-order valence-corrected chi connectivity index (χ3v) is 4.72. The van der Waals surface area contributed by atoms with Gasteiger partial charge in [-0.1, -0.05) is 19.9 Å². The second kappa shape index (κ2) is 7.27. The summed E-state index contributed by atoms with van der Waals surface area (Å²) in [5.74, 6) is 0.0334. The van der Waals surface area contributed by atoms with Crippen LogP contribution in [0.25, 0.3) is 0 Å². The minimum atomic E-state index is 0.0334. The number of amides is 1. The summed E-state index contributed by atoms with van der Waals surface area (Å²) < 4.78 is 0. The Hall–Kier alpha value is -1.81. The Bertz CT molecular complexity index is 606. The van der Waals surface area contributed by atoms with Gasteiger partial charge in [-0.25, -0.2) is 0 Å². The van der Waals surface area contributed by atoms with Crippen molar-refractivity contribution in [2.24, 2.45) is 0 Å². The molecule has 0 aliphatic rings. The Kier molecular flexibility index (Phi) is 5.39. The molecule has 2 rings (SSSR count). The second-order valence-corrected chi connectivity index (χ2v) is 6.21. The van der Waals surface area contributed by atoms with Crippen molar-refractivity contribution in [2.45, 2.75) is 39.7 Å². The molecule has 0 spiro atoms. The molecule has 0 aliphatic carbocycles. The molecule has 0 aliphatic heterocycles. The van der Waals surface area contributed by atoms with Crippen LogP contribution in [0.3, 0.4) is 0 Å². The molecule has 0 radical (unpaired) electrons. The number of benzene rings is 1. The van der Waals surface area contributed by atoms with Crippen molar-refractivity contribution in [1.82, 2.24) is 0 Å². The smallest absolute Gasteiger partial charge is 0.224 e. The predicted molar refractivity (Wildman–Crippen MR) is 91.1 cm³/mol. The highest BCUT2D eigenvalue weighted by Crippen LogP contribution is 2.27. The van der Waals surface area contributed by atoms with Gasteiger partial charge in [0.15, 0.2) is 0 Å². The van der Waals surface area contributed by atoms with Crippen molar-refractivity contribution in [3.05, 3.63) is 46.2 Å². The van der Waals surface area contributed by atoms with E-state index in [1.54, 1.807) is 0 Å². The zero-order valence-corrected chi connectivity index (χ0v) is 13.6. The summed E-state index contributed by atoms with van der Waals surface area (Å²) in [5.41, 5.74) is 1.85. The van der Waals surface area contributed by atoms with Crippen LogP contribution in [0.4, 0.5) is 11.4 Å². The molecule has 1 aromatic heterocycles. The lowest BCUT2D eigenvalue weighted by atomic mass is 10.2. The average Bonchev–Trinajstić information content (AvgIpc) is 2.96. The number of aryl methyl sites for hydroxylation is 1. The van der Waals surface area contributed by atoms with Crippen molar-refractivity contribution >= 4 is 28.6 Å². The lowest BCUT2D eigenvalue weighted by Gasteiger charge is -2.15. The molecule has 0 bridgehead atoms. The molecule has 1 amide bonds. The van der Waals surface area contributed by atoms with Crippen LogP contribution >= 0.6 is 11.3 Å². The summed E-state index contributed by atoms with van der Waals surface area (Å²) in [7, 11) is 0. The highest BCUT2D eigenvalue weighted by Gasteiger charge is 2.08. The molecular weight excluding hydrogens is 280 g/mol. The topological polar surface area (TPSA) is 41.1 Å². The van der Waals surface area contributed by atoms with Crippen molar-refractivity contribution in [3.8, 4) is 0 Å². The zero-order chi connectivity index (χ0) is 15.2. The molecule has 0 fully saturated rings. The molecule has 2 N–H and O–H groups in total. The van der Waals surface area contributed by atoms with E-state index in [2.05, 4.69) is 36.6 Å². The molecule has 1 aromatic carbocycles. The molecule has 21 heavy (non-hydrogen) atoms. The van der Waals surface area contributed by atoms with Crippen LogP contribution in [0.5, 0.6) is 0 Å². The number of hydrogen-bond acceptors (Lipinski definition) is 3. The largest absolute Gasteiger partial charge is 0.378 e. The molecule has 4 heteroatoms. The first-order chi connectivity index (χ1) is 10.1. The van der Waals surface area contributed by atoms with Gasteiger partial charge in [0.1, 0.15) is 0 Å². The lowest BCUT2D eigenvalue weighted by Crippen LogP contribution is -2.10. The van der Waals surface area contributed by atoms with Crippen LogP contribution in [0.2, 0.25) is 0 Å². The minimum absolute atomic E-state index is 0.0334. The Morgan fingerprint density at radius 1 is 1.19 bits per heavy atom. The SMILES string of the molecule is CCC(=O)Nc1cccc(NC(C)c2ccc(CC)s2)c1. The standard InChI is InChI=1S/C17H22N2OS/c1-4-15-9-10-16(21-15)12(3)18-13-7-6-8-14(11-13)19-17(20)5-2/h6-12,18H,4-5H2,1-3H3,(H,19,20). The molecule has 0 saturated carbocycles. The van der Waals surface area contributed by atoms with Gasteiger partial charge in [0.25, 0.3) is 0 Å². The first-order valence-corrected chi connectivity index (χ1v) is 8.19. The molecule has 112 valence electrons. The fourth-order valence-electron chi connectivity index (χ4n) is 2.07. The van der Waals surface area contributed by atoms with E-state index in [0.29, 0.717) is 6.42 Å². The molecule has 2 aromatic rings.